The van der Waals surface area contributed by atoms with E-state index >= 15 is 0 Å². The highest BCUT2D eigenvalue weighted by Crippen LogP contribution is 2.37. The molecule has 0 N–H and O–H groups in total. The summed E-state index contributed by atoms with van der Waals surface area (Å²) in [5, 5.41) is 14.8. The van der Waals surface area contributed by atoms with E-state index in [1.54, 1.807) is 17.0 Å². The summed E-state index contributed by atoms with van der Waals surface area (Å²) in [4.78, 5) is 22.7. The van der Waals surface area contributed by atoms with Crippen LogP contribution in [0.3, 0.4) is 0 Å². The average Bonchev–Trinajstić information content (AvgIpc) is 3.77. The summed E-state index contributed by atoms with van der Waals surface area (Å²) in [5.41, 5.74) is 2.97. The van der Waals surface area contributed by atoms with Crippen LogP contribution in [0.4, 0.5) is 0 Å². The van der Waals surface area contributed by atoms with Gasteiger partial charge in [0.15, 0.2) is 5.65 Å². The third-order valence-electron chi connectivity index (χ3n) is 7.89. The topological polar surface area (TPSA) is 98.6 Å². The molecule has 3 heterocycles. The fourth-order valence-corrected chi connectivity index (χ4v) is 5.74. The van der Waals surface area contributed by atoms with Crippen molar-refractivity contribution in [3.63, 3.8) is 0 Å². The molecule has 2 atom stereocenters. The highest BCUT2D eigenvalue weighted by Gasteiger charge is 2.27. The Morgan fingerprint density at radius 1 is 1.07 bits per heavy atom. The van der Waals surface area contributed by atoms with Gasteiger partial charge in [-0.1, -0.05) is 43.2 Å². The van der Waals surface area contributed by atoms with Gasteiger partial charge in [0.25, 0.3) is 0 Å². The fourth-order valence-electron chi connectivity index (χ4n) is 5.74. The summed E-state index contributed by atoms with van der Waals surface area (Å²) in [6, 6.07) is 21.5. The van der Waals surface area contributed by atoms with Crippen molar-refractivity contribution in [3.05, 3.63) is 91.1 Å². The van der Waals surface area contributed by atoms with Crippen molar-refractivity contribution < 1.29 is 9.53 Å². The number of para-hydroxylation sites is 1. The molecule has 8 heteroatoms. The van der Waals surface area contributed by atoms with E-state index in [0.717, 1.165) is 40.8 Å². The minimum Gasteiger partial charge on any atom is -0.457 e. The van der Waals surface area contributed by atoms with Crippen LogP contribution in [0.5, 0.6) is 11.5 Å². The van der Waals surface area contributed by atoms with Crippen LogP contribution < -0.4 is 4.74 Å². The Hall–Kier alpha value is -4.77. The largest absolute Gasteiger partial charge is 0.457 e. The summed E-state index contributed by atoms with van der Waals surface area (Å²) in [7, 11) is 0. The number of hydrogen-bond donors (Lipinski definition) is 0. The molecule has 1 aliphatic carbocycles. The molecule has 3 aromatic heterocycles. The van der Waals surface area contributed by atoms with Gasteiger partial charge >= 0.3 is 0 Å². The van der Waals surface area contributed by atoms with Crippen LogP contribution in [-0.4, -0.2) is 30.2 Å². The Labute approximate surface area is 232 Å². The van der Waals surface area contributed by atoms with Gasteiger partial charge in [0.05, 0.1) is 36.3 Å². The number of benzene rings is 2. The van der Waals surface area contributed by atoms with Gasteiger partial charge in [-0.3, -0.25) is 14.0 Å². The van der Waals surface area contributed by atoms with Gasteiger partial charge in [-0.25, -0.2) is 9.97 Å². The maximum Gasteiger partial charge on any atom is 0.239 e. The monoisotopic (exact) mass is 530 g/mol. The van der Waals surface area contributed by atoms with Crippen molar-refractivity contribution >= 4 is 16.9 Å². The molecule has 0 amide bonds. The zero-order valence-electron chi connectivity index (χ0n) is 22.4. The Balaban J connectivity index is 1.26. The van der Waals surface area contributed by atoms with E-state index in [0.29, 0.717) is 23.7 Å². The van der Waals surface area contributed by atoms with Gasteiger partial charge < -0.3 is 4.74 Å². The minimum atomic E-state index is -0.422. The van der Waals surface area contributed by atoms with Crippen molar-refractivity contribution in [2.45, 2.75) is 51.0 Å². The zero-order valence-corrected chi connectivity index (χ0v) is 22.4. The first-order valence-electron chi connectivity index (χ1n) is 13.7. The lowest BCUT2D eigenvalue weighted by atomic mass is 9.96. The molecular weight excluding hydrogens is 500 g/mol. The van der Waals surface area contributed by atoms with E-state index < -0.39 is 5.92 Å². The number of nitriles is 1. The predicted molar refractivity (Wildman–Crippen MR) is 152 cm³/mol. The molecule has 0 radical (unpaired) electrons. The van der Waals surface area contributed by atoms with E-state index in [-0.39, 0.29) is 11.9 Å². The molecule has 5 aromatic rings. The van der Waals surface area contributed by atoms with Crippen molar-refractivity contribution in [1.82, 2.24) is 24.3 Å². The third-order valence-corrected chi connectivity index (χ3v) is 7.89. The first-order chi connectivity index (χ1) is 19.6. The Morgan fingerprint density at radius 3 is 2.67 bits per heavy atom. The molecule has 0 bridgehead atoms. The summed E-state index contributed by atoms with van der Waals surface area (Å²) in [5.74, 6) is 1.37. The van der Waals surface area contributed by atoms with E-state index in [1.165, 1.54) is 19.2 Å². The number of rotatable bonds is 8. The second kappa shape index (κ2) is 11.1. The highest BCUT2D eigenvalue weighted by atomic mass is 16.5. The third kappa shape index (κ3) is 4.98. The quantitative estimate of drug-likeness (QED) is 0.211. The minimum absolute atomic E-state index is 0.0623. The van der Waals surface area contributed by atoms with Crippen LogP contribution in [0.1, 0.15) is 61.3 Å². The summed E-state index contributed by atoms with van der Waals surface area (Å²) < 4.78 is 9.50. The second-order valence-electron chi connectivity index (χ2n) is 10.4. The van der Waals surface area contributed by atoms with Crippen LogP contribution in [0.2, 0.25) is 0 Å². The van der Waals surface area contributed by atoms with Crippen molar-refractivity contribution in [1.29, 1.82) is 5.26 Å². The molecule has 2 unspecified atom stereocenters. The maximum absolute atomic E-state index is 13.7. The van der Waals surface area contributed by atoms with Crippen LogP contribution in [0.15, 0.2) is 85.6 Å². The Morgan fingerprint density at radius 2 is 1.88 bits per heavy atom. The van der Waals surface area contributed by atoms with Crippen molar-refractivity contribution in [2.24, 2.45) is 5.92 Å². The predicted octanol–water partition coefficient (Wildman–Crippen LogP) is 7.18. The first-order valence-corrected chi connectivity index (χ1v) is 13.7. The van der Waals surface area contributed by atoms with Crippen LogP contribution >= 0.6 is 0 Å². The second-order valence-corrected chi connectivity index (χ2v) is 10.4. The zero-order chi connectivity index (χ0) is 27.5. The molecule has 200 valence electrons. The number of nitrogens with zero attached hydrogens (tertiary/aromatic N) is 6. The standard InChI is InChI=1S/C32H30N6O2/c1-22(24-10-7-13-27(18-24)40-26-11-3-2-4-12-26)32(39)37-17-15-28-30(34-21-35-31(28)37)25-19-36-38(20-25)29(14-16-33)23-8-5-6-9-23/h2-4,7,10-13,15,17-23,29H,5-6,8-9,14H2,1H3. The van der Waals surface area contributed by atoms with Crippen molar-refractivity contribution in [2.75, 3.05) is 0 Å². The molecule has 0 saturated heterocycles. The van der Waals surface area contributed by atoms with E-state index in [9.17, 15) is 10.1 Å². The molecule has 0 spiro atoms. The number of carbonyl (C=O) groups excluding carboxylic acids is 1. The smallest absolute Gasteiger partial charge is 0.239 e. The number of ether oxygens (including phenoxy) is 1. The van der Waals surface area contributed by atoms with Gasteiger partial charge in [-0.2, -0.15) is 10.4 Å². The number of carbonyl (C=O) groups is 1. The molecule has 6 rings (SSSR count). The molecule has 40 heavy (non-hydrogen) atoms. The summed E-state index contributed by atoms with van der Waals surface area (Å²) in [6.45, 7) is 1.89. The van der Waals surface area contributed by atoms with Crippen LogP contribution in [0.25, 0.3) is 22.3 Å². The van der Waals surface area contributed by atoms with Gasteiger partial charge in [0.1, 0.15) is 17.8 Å². The highest BCUT2D eigenvalue weighted by molar-refractivity contribution is 5.98. The van der Waals surface area contributed by atoms with Crippen LogP contribution in [0, 0.1) is 17.2 Å². The Kier molecular flexibility index (Phi) is 7.11. The molecule has 1 fully saturated rings. The average molecular weight is 531 g/mol. The fraction of sp³-hybridized carbons (Fsp3) is 0.281. The van der Waals surface area contributed by atoms with Gasteiger partial charge in [0, 0.05) is 23.3 Å². The summed E-state index contributed by atoms with van der Waals surface area (Å²) in [6.07, 6.45) is 12.1. The van der Waals surface area contributed by atoms with E-state index in [2.05, 4.69) is 21.1 Å². The van der Waals surface area contributed by atoms with E-state index in [4.69, 9.17) is 4.74 Å². The molecule has 8 nitrogen and oxygen atoms in total. The molecule has 1 aliphatic rings. The summed E-state index contributed by atoms with van der Waals surface area (Å²) >= 11 is 0. The number of aromatic nitrogens is 5. The van der Waals surface area contributed by atoms with Gasteiger partial charge in [-0.05, 0) is 61.6 Å². The van der Waals surface area contributed by atoms with E-state index in [1.807, 2.05) is 78.5 Å². The number of fused-ring (bicyclic) bond motifs is 1. The lowest BCUT2D eigenvalue weighted by Crippen LogP contribution is -2.17. The SMILES string of the molecule is CC(C(=O)n1ccc2c(-c3cnn(C(CC#N)C4CCCC4)c3)ncnc21)c1cccc(Oc2ccccc2)c1. The first kappa shape index (κ1) is 25.5. The lowest BCUT2D eigenvalue weighted by Gasteiger charge is -2.21. The normalized spacial score (nSPS) is 15.1. The van der Waals surface area contributed by atoms with Gasteiger partial charge in [-0.15, -0.1) is 0 Å². The molecular formula is C32H30N6O2. The Bertz CT molecular complexity index is 1680. The van der Waals surface area contributed by atoms with Gasteiger partial charge in [0.2, 0.25) is 5.91 Å². The number of hydrogen-bond acceptors (Lipinski definition) is 6. The molecule has 0 aliphatic heterocycles. The maximum atomic E-state index is 13.7. The molecule has 2 aromatic carbocycles. The van der Waals surface area contributed by atoms with Crippen molar-refractivity contribution in [3.8, 4) is 28.8 Å². The van der Waals surface area contributed by atoms with Crippen LogP contribution in [-0.2, 0) is 0 Å². The molecule has 1 saturated carbocycles. The lowest BCUT2D eigenvalue weighted by molar-refractivity contribution is 0.0889.